The molecule has 2 aliphatic rings. The molecule has 0 radical (unpaired) electrons. The lowest BCUT2D eigenvalue weighted by atomic mass is 10.1. The maximum atomic E-state index is 12.7. The molecule has 0 amide bonds. The van der Waals surface area contributed by atoms with Gasteiger partial charge >= 0.3 is 0 Å². The monoisotopic (exact) mass is 145 g/mol. The third-order valence-corrected chi connectivity index (χ3v) is 1.92. The quantitative estimate of drug-likeness (QED) is 0.458. The molecule has 0 aromatic carbocycles. The van der Waals surface area contributed by atoms with Crippen molar-refractivity contribution in [2.24, 2.45) is 0 Å². The van der Waals surface area contributed by atoms with Gasteiger partial charge in [0.1, 0.15) is 6.10 Å². The number of hydroxylamine groups is 2. The molecular weight excluding hydrogens is 137 g/mol. The van der Waals surface area contributed by atoms with Crippen molar-refractivity contribution < 1.29 is 14.0 Å². The Bertz CT molecular complexity index is 171. The van der Waals surface area contributed by atoms with Gasteiger partial charge in [0.05, 0.1) is 0 Å². The van der Waals surface area contributed by atoms with E-state index < -0.39 is 12.4 Å². The highest BCUT2D eigenvalue weighted by Crippen LogP contribution is 2.27. The highest BCUT2D eigenvalue weighted by Gasteiger charge is 2.41. The van der Waals surface area contributed by atoms with Gasteiger partial charge in [-0.05, 0) is 0 Å². The minimum atomic E-state index is -1.06. The molecule has 2 bridgehead atoms. The second-order valence-corrected chi connectivity index (χ2v) is 2.62. The number of hydrogen-bond donors (Lipinski definition) is 0. The predicted molar refractivity (Wildman–Crippen MR) is 30.7 cm³/mol. The van der Waals surface area contributed by atoms with Crippen LogP contribution >= 0.6 is 0 Å². The van der Waals surface area contributed by atoms with Crippen molar-refractivity contribution >= 4 is 5.78 Å². The highest BCUT2D eigenvalue weighted by molar-refractivity contribution is 5.84. The Hall–Kier alpha value is -0.480. The standard InChI is InChI=1S/C6H8FNO2/c7-6-3-5-4(9)1-2-8(6)10-5/h5-6H,1-3H2/t5-,6+/m1/s1. The third-order valence-electron chi connectivity index (χ3n) is 1.92. The Balaban J connectivity index is 2.15. The molecule has 4 heteroatoms. The Morgan fingerprint density at radius 2 is 2.50 bits per heavy atom. The van der Waals surface area contributed by atoms with Crippen LogP contribution in [0.1, 0.15) is 12.8 Å². The molecule has 10 heavy (non-hydrogen) atoms. The summed E-state index contributed by atoms with van der Waals surface area (Å²) in [6.07, 6.45) is -0.885. The number of ketones is 1. The molecule has 56 valence electrons. The van der Waals surface area contributed by atoms with Gasteiger partial charge in [-0.15, -0.1) is 0 Å². The Morgan fingerprint density at radius 3 is 3.20 bits per heavy atom. The molecule has 0 saturated carbocycles. The van der Waals surface area contributed by atoms with Crippen LogP contribution in [0.4, 0.5) is 4.39 Å². The van der Waals surface area contributed by atoms with E-state index in [2.05, 4.69) is 0 Å². The number of alkyl halides is 1. The van der Waals surface area contributed by atoms with Crippen molar-refractivity contribution in [3.8, 4) is 0 Å². The SMILES string of the molecule is O=C1CCN2O[C@@H]1C[C@H]2F. The first kappa shape index (κ1) is 6.24. The number of Topliss-reactive ketones (excluding diaryl/α,β-unsaturated/α-hetero) is 1. The van der Waals surface area contributed by atoms with E-state index in [0.29, 0.717) is 13.0 Å². The van der Waals surface area contributed by atoms with E-state index in [1.807, 2.05) is 0 Å². The lowest BCUT2D eigenvalue weighted by molar-refractivity contribution is -0.202. The van der Waals surface area contributed by atoms with E-state index in [1.165, 1.54) is 5.06 Å². The molecule has 0 N–H and O–H groups in total. The van der Waals surface area contributed by atoms with E-state index in [9.17, 15) is 9.18 Å². The van der Waals surface area contributed by atoms with Crippen LogP contribution in [0.15, 0.2) is 0 Å². The number of carbonyl (C=O) groups excluding carboxylic acids is 1. The topological polar surface area (TPSA) is 29.5 Å². The summed E-state index contributed by atoms with van der Waals surface area (Å²) >= 11 is 0. The molecule has 2 heterocycles. The van der Waals surface area contributed by atoms with Crippen molar-refractivity contribution in [3.63, 3.8) is 0 Å². The summed E-state index contributed by atoms with van der Waals surface area (Å²) in [7, 11) is 0. The molecule has 3 atom stereocenters. The molecule has 3 nitrogen and oxygen atoms in total. The fourth-order valence-electron chi connectivity index (χ4n) is 1.33. The van der Waals surface area contributed by atoms with Crippen LogP contribution < -0.4 is 0 Å². The van der Waals surface area contributed by atoms with Gasteiger partial charge in [0.25, 0.3) is 0 Å². The molecule has 0 aromatic heterocycles. The number of halogens is 1. The Kier molecular flexibility index (Phi) is 1.25. The number of fused-ring (bicyclic) bond motifs is 2. The zero-order chi connectivity index (χ0) is 7.14. The van der Waals surface area contributed by atoms with Gasteiger partial charge in [-0.25, -0.2) is 4.39 Å². The maximum Gasteiger partial charge on any atom is 0.178 e. The number of hydrogen-bond acceptors (Lipinski definition) is 3. The van der Waals surface area contributed by atoms with Crippen molar-refractivity contribution in [1.29, 1.82) is 0 Å². The summed E-state index contributed by atoms with van der Waals surface area (Å²) in [4.78, 5) is 15.8. The zero-order valence-electron chi connectivity index (χ0n) is 5.42. The van der Waals surface area contributed by atoms with E-state index >= 15 is 0 Å². The second kappa shape index (κ2) is 2.00. The number of nitrogens with zero attached hydrogens (tertiary/aromatic N) is 1. The summed E-state index contributed by atoms with van der Waals surface area (Å²) in [5.41, 5.74) is 0. The summed E-state index contributed by atoms with van der Waals surface area (Å²) in [5.74, 6) is 0.0383. The maximum absolute atomic E-state index is 12.7. The van der Waals surface area contributed by atoms with Gasteiger partial charge in [-0.2, -0.15) is 5.06 Å². The fourth-order valence-corrected chi connectivity index (χ4v) is 1.33. The smallest absolute Gasteiger partial charge is 0.178 e. The van der Waals surface area contributed by atoms with Crippen LogP contribution in [-0.4, -0.2) is 29.8 Å². The highest BCUT2D eigenvalue weighted by atomic mass is 19.1. The first-order valence-electron chi connectivity index (χ1n) is 3.37. The number of rotatable bonds is 0. The minimum Gasteiger partial charge on any atom is -0.297 e. The molecule has 0 spiro atoms. The average molecular weight is 145 g/mol. The van der Waals surface area contributed by atoms with Crippen LogP contribution in [0.2, 0.25) is 0 Å². The summed E-state index contributed by atoms with van der Waals surface area (Å²) in [6, 6.07) is 0. The fraction of sp³-hybridized carbons (Fsp3) is 0.833. The molecule has 0 aromatic rings. The summed E-state index contributed by atoms with van der Waals surface area (Å²) < 4.78 is 12.7. The lowest BCUT2D eigenvalue weighted by Crippen LogP contribution is -2.34. The molecule has 1 unspecified atom stereocenters. The molecule has 2 aliphatic heterocycles. The zero-order valence-corrected chi connectivity index (χ0v) is 5.42. The average Bonchev–Trinajstić information content (AvgIpc) is 2.21. The largest absolute Gasteiger partial charge is 0.297 e. The van der Waals surface area contributed by atoms with Crippen molar-refractivity contribution in [1.82, 2.24) is 5.06 Å². The van der Waals surface area contributed by atoms with Crippen molar-refractivity contribution in [2.45, 2.75) is 25.2 Å². The molecular formula is C6H8FNO2. The Labute approximate surface area is 57.7 Å². The van der Waals surface area contributed by atoms with Crippen LogP contribution in [0.5, 0.6) is 0 Å². The van der Waals surface area contributed by atoms with Gasteiger partial charge in [0.2, 0.25) is 0 Å². The second-order valence-electron chi connectivity index (χ2n) is 2.62. The van der Waals surface area contributed by atoms with Crippen molar-refractivity contribution in [3.05, 3.63) is 0 Å². The van der Waals surface area contributed by atoms with Gasteiger partial charge in [-0.3, -0.25) is 9.63 Å². The van der Waals surface area contributed by atoms with E-state index in [1.54, 1.807) is 0 Å². The molecule has 0 aliphatic carbocycles. The first-order chi connectivity index (χ1) is 4.77. The third kappa shape index (κ3) is 0.759. The van der Waals surface area contributed by atoms with E-state index in [-0.39, 0.29) is 12.2 Å². The first-order valence-corrected chi connectivity index (χ1v) is 3.37. The molecule has 2 fully saturated rings. The van der Waals surface area contributed by atoms with Crippen LogP contribution in [0.3, 0.4) is 0 Å². The molecule has 2 rings (SSSR count). The van der Waals surface area contributed by atoms with E-state index in [0.717, 1.165) is 0 Å². The minimum absolute atomic E-state index is 0.0383. The Morgan fingerprint density at radius 1 is 1.70 bits per heavy atom. The summed E-state index contributed by atoms with van der Waals surface area (Å²) in [6.45, 7) is 0.413. The van der Waals surface area contributed by atoms with Crippen LogP contribution in [-0.2, 0) is 9.63 Å². The summed E-state index contributed by atoms with van der Waals surface area (Å²) in [5, 5.41) is 1.26. The normalized spacial score (nSPS) is 46.1. The van der Waals surface area contributed by atoms with E-state index in [4.69, 9.17) is 4.84 Å². The van der Waals surface area contributed by atoms with Gasteiger partial charge in [-0.1, -0.05) is 0 Å². The predicted octanol–water partition coefficient (Wildman–Crippen LogP) is 0.261. The van der Waals surface area contributed by atoms with Gasteiger partial charge in [0, 0.05) is 19.4 Å². The van der Waals surface area contributed by atoms with Gasteiger partial charge in [0.15, 0.2) is 12.1 Å². The number of carbonyl (C=O) groups is 1. The van der Waals surface area contributed by atoms with Crippen molar-refractivity contribution in [2.75, 3.05) is 6.54 Å². The van der Waals surface area contributed by atoms with Gasteiger partial charge < -0.3 is 0 Å². The molecule has 2 saturated heterocycles. The van der Waals surface area contributed by atoms with Crippen LogP contribution in [0.25, 0.3) is 0 Å². The lowest BCUT2D eigenvalue weighted by Gasteiger charge is -2.20. The van der Waals surface area contributed by atoms with Crippen LogP contribution in [0, 0.1) is 0 Å².